The number of rotatable bonds is 5. The maximum Gasteiger partial charge on any atom is 0.225 e. The number of H-pyrrole nitrogens is 1. The molecule has 0 saturated carbocycles. The topological polar surface area (TPSA) is 44.9 Å². The third-order valence-electron chi connectivity index (χ3n) is 3.70. The lowest BCUT2D eigenvalue weighted by molar-refractivity contribution is -0.121. The molecule has 0 aliphatic rings. The minimum absolute atomic E-state index is 0.0762. The molecule has 3 rings (SSSR count). The number of nitrogens with one attached hydrogen (secondary N) is 2. The van der Waals surface area contributed by atoms with Gasteiger partial charge in [0, 0.05) is 27.5 Å². The van der Waals surface area contributed by atoms with Gasteiger partial charge in [-0.3, -0.25) is 4.79 Å². The van der Waals surface area contributed by atoms with Gasteiger partial charge >= 0.3 is 0 Å². The van der Waals surface area contributed by atoms with Crippen LogP contribution in [-0.4, -0.2) is 16.4 Å². The number of carbonyl (C=O) groups excluding carboxylic acids is 1. The van der Waals surface area contributed by atoms with Crippen molar-refractivity contribution in [1.29, 1.82) is 0 Å². The average molecular weight is 312 g/mol. The lowest BCUT2D eigenvalue weighted by Gasteiger charge is -2.26. The third-order valence-corrected chi connectivity index (χ3v) is 4.58. The minimum Gasteiger partial charge on any atom is -0.361 e. The largest absolute Gasteiger partial charge is 0.361 e. The molecular weight excluding hydrogens is 292 g/mol. The van der Waals surface area contributed by atoms with E-state index in [9.17, 15) is 4.79 Å². The standard InChI is InChI=1S/C18H20N2OS/c1-18(2,20-17(21)10-14-6-5-9-22-14)11-13-12-19-16-8-4-3-7-15(13)16/h3-9,12,19H,10-11H2,1-2H3,(H,20,21). The monoisotopic (exact) mass is 312 g/mol. The van der Waals surface area contributed by atoms with Gasteiger partial charge in [-0.25, -0.2) is 0 Å². The van der Waals surface area contributed by atoms with Crippen LogP contribution in [0.25, 0.3) is 10.9 Å². The summed E-state index contributed by atoms with van der Waals surface area (Å²) in [7, 11) is 0. The quantitative estimate of drug-likeness (QED) is 0.737. The van der Waals surface area contributed by atoms with Crippen LogP contribution in [0.4, 0.5) is 0 Å². The van der Waals surface area contributed by atoms with Crippen molar-refractivity contribution >= 4 is 28.1 Å². The molecule has 0 radical (unpaired) electrons. The highest BCUT2D eigenvalue weighted by molar-refractivity contribution is 7.10. The predicted molar refractivity (Wildman–Crippen MR) is 92.2 cm³/mol. The number of thiophene rings is 1. The molecule has 2 heterocycles. The summed E-state index contributed by atoms with van der Waals surface area (Å²) in [5, 5.41) is 6.38. The summed E-state index contributed by atoms with van der Waals surface area (Å²) in [6.45, 7) is 4.14. The van der Waals surface area contributed by atoms with Gasteiger partial charge in [0.1, 0.15) is 0 Å². The van der Waals surface area contributed by atoms with Crippen LogP contribution in [0, 0.1) is 0 Å². The van der Waals surface area contributed by atoms with E-state index in [2.05, 4.69) is 36.3 Å². The van der Waals surface area contributed by atoms with Gasteiger partial charge in [-0.05, 0) is 43.3 Å². The molecule has 0 bridgehead atoms. The van der Waals surface area contributed by atoms with Crippen molar-refractivity contribution < 1.29 is 4.79 Å². The van der Waals surface area contributed by atoms with Crippen molar-refractivity contribution in [3.63, 3.8) is 0 Å². The SMILES string of the molecule is CC(C)(Cc1c[nH]c2ccccc12)NC(=O)Cc1cccs1. The summed E-state index contributed by atoms with van der Waals surface area (Å²) in [5.74, 6) is 0.0762. The van der Waals surface area contributed by atoms with E-state index in [1.165, 1.54) is 10.9 Å². The Kier molecular flexibility index (Phi) is 4.03. The molecule has 0 fully saturated rings. The van der Waals surface area contributed by atoms with E-state index >= 15 is 0 Å². The molecule has 0 unspecified atom stereocenters. The average Bonchev–Trinajstić information content (AvgIpc) is 3.08. The molecule has 22 heavy (non-hydrogen) atoms. The normalized spacial score (nSPS) is 11.7. The summed E-state index contributed by atoms with van der Waals surface area (Å²) in [5.41, 5.74) is 2.09. The second-order valence-electron chi connectivity index (χ2n) is 6.22. The fraction of sp³-hybridized carbons (Fsp3) is 0.278. The van der Waals surface area contributed by atoms with Crippen molar-refractivity contribution in [2.75, 3.05) is 0 Å². The molecule has 0 spiro atoms. The Labute approximate surface area is 134 Å². The van der Waals surface area contributed by atoms with Gasteiger partial charge in [-0.15, -0.1) is 11.3 Å². The summed E-state index contributed by atoms with van der Waals surface area (Å²) in [6, 6.07) is 12.2. The first-order valence-electron chi connectivity index (χ1n) is 7.42. The van der Waals surface area contributed by atoms with Gasteiger partial charge in [0.05, 0.1) is 6.42 Å². The molecule has 114 valence electrons. The molecule has 3 nitrogen and oxygen atoms in total. The Morgan fingerprint density at radius 1 is 1.23 bits per heavy atom. The van der Waals surface area contributed by atoms with Crippen LogP contribution in [0.5, 0.6) is 0 Å². The third kappa shape index (κ3) is 3.39. The maximum absolute atomic E-state index is 12.2. The Morgan fingerprint density at radius 2 is 2.05 bits per heavy atom. The van der Waals surface area contributed by atoms with Crippen LogP contribution >= 0.6 is 11.3 Å². The number of hydrogen-bond donors (Lipinski definition) is 2. The zero-order valence-electron chi connectivity index (χ0n) is 12.8. The number of para-hydroxylation sites is 1. The van der Waals surface area contributed by atoms with Crippen LogP contribution in [0.3, 0.4) is 0 Å². The van der Waals surface area contributed by atoms with Crippen molar-refractivity contribution in [2.45, 2.75) is 32.2 Å². The Hall–Kier alpha value is -2.07. The van der Waals surface area contributed by atoms with Crippen LogP contribution in [-0.2, 0) is 17.6 Å². The van der Waals surface area contributed by atoms with Crippen LogP contribution in [0.2, 0.25) is 0 Å². The molecule has 0 saturated heterocycles. The molecule has 2 aromatic heterocycles. The molecule has 3 aromatic rings. The van der Waals surface area contributed by atoms with Crippen molar-refractivity contribution in [3.05, 3.63) is 58.4 Å². The van der Waals surface area contributed by atoms with Crippen molar-refractivity contribution in [3.8, 4) is 0 Å². The van der Waals surface area contributed by atoms with Crippen LogP contribution in [0.15, 0.2) is 48.0 Å². The summed E-state index contributed by atoms with van der Waals surface area (Å²) in [4.78, 5) is 16.6. The second-order valence-corrected chi connectivity index (χ2v) is 7.26. The van der Waals surface area contributed by atoms with Crippen LogP contribution < -0.4 is 5.32 Å². The molecule has 0 atom stereocenters. The lowest BCUT2D eigenvalue weighted by Crippen LogP contribution is -2.45. The fourth-order valence-corrected chi connectivity index (χ4v) is 3.49. The zero-order chi connectivity index (χ0) is 15.6. The smallest absolute Gasteiger partial charge is 0.225 e. The van der Waals surface area contributed by atoms with Gasteiger partial charge < -0.3 is 10.3 Å². The molecule has 4 heteroatoms. The maximum atomic E-state index is 12.2. The first kappa shape index (κ1) is 14.9. The van der Waals surface area contributed by atoms with E-state index < -0.39 is 0 Å². The van der Waals surface area contributed by atoms with E-state index in [0.29, 0.717) is 6.42 Å². The number of aromatic nitrogens is 1. The number of carbonyl (C=O) groups is 1. The number of benzene rings is 1. The Balaban J connectivity index is 1.69. The van der Waals surface area contributed by atoms with E-state index in [0.717, 1.165) is 16.8 Å². The number of aromatic amines is 1. The van der Waals surface area contributed by atoms with Gasteiger partial charge in [0.25, 0.3) is 0 Å². The van der Waals surface area contributed by atoms with Gasteiger partial charge in [0.2, 0.25) is 5.91 Å². The number of amides is 1. The second kappa shape index (κ2) is 5.97. The van der Waals surface area contributed by atoms with Crippen molar-refractivity contribution in [1.82, 2.24) is 10.3 Å². The molecule has 0 aliphatic carbocycles. The van der Waals surface area contributed by atoms with Crippen LogP contribution in [0.1, 0.15) is 24.3 Å². The van der Waals surface area contributed by atoms with Gasteiger partial charge in [-0.1, -0.05) is 24.3 Å². The highest BCUT2D eigenvalue weighted by atomic mass is 32.1. The number of fused-ring (bicyclic) bond motifs is 1. The molecule has 1 aromatic carbocycles. The summed E-state index contributed by atoms with van der Waals surface area (Å²) < 4.78 is 0. The Bertz CT molecular complexity index is 771. The minimum atomic E-state index is -0.278. The highest BCUT2D eigenvalue weighted by Gasteiger charge is 2.22. The summed E-state index contributed by atoms with van der Waals surface area (Å²) >= 11 is 1.62. The first-order chi connectivity index (χ1) is 10.5. The van der Waals surface area contributed by atoms with E-state index in [-0.39, 0.29) is 11.4 Å². The summed E-state index contributed by atoms with van der Waals surface area (Å²) in [6.07, 6.45) is 3.29. The van der Waals surface area contributed by atoms with Gasteiger partial charge in [-0.2, -0.15) is 0 Å². The van der Waals surface area contributed by atoms with E-state index in [1.54, 1.807) is 11.3 Å². The number of hydrogen-bond acceptors (Lipinski definition) is 2. The van der Waals surface area contributed by atoms with Gasteiger partial charge in [0.15, 0.2) is 0 Å². The zero-order valence-corrected chi connectivity index (χ0v) is 13.7. The molecule has 0 aliphatic heterocycles. The molecule has 1 amide bonds. The van der Waals surface area contributed by atoms with E-state index in [4.69, 9.17) is 0 Å². The molecular formula is C18H20N2OS. The first-order valence-corrected chi connectivity index (χ1v) is 8.30. The Morgan fingerprint density at radius 3 is 2.82 bits per heavy atom. The predicted octanol–water partition coefficient (Wildman–Crippen LogP) is 3.91. The van der Waals surface area contributed by atoms with Crippen molar-refractivity contribution in [2.24, 2.45) is 0 Å². The van der Waals surface area contributed by atoms with E-state index in [1.807, 2.05) is 35.8 Å². The lowest BCUT2D eigenvalue weighted by atomic mass is 9.94. The highest BCUT2D eigenvalue weighted by Crippen LogP contribution is 2.22. The fourth-order valence-electron chi connectivity index (χ4n) is 2.79. The molecule has 2 N–H and O–H groups in total.